The second-order valence-corrected chi connectivity index (χ2v) is 34.6. The number of aromatic amines is 2. The number of H-pyrrole nitrogens is 2. The van der Waals surface area contributed by atoms with Gasteiger partial charge in [-0.2, -0.15) is 0 Å². The molecule has 10 heteroatoms. The van der Waals surface area contributed by atoms with Gasteiger partial charge in [0.2, 0.25) is 11.5 Å². The molecular formula is C108H166N4O6. The minimum atomic E-state index is 0.571. The van der Waals surface area contributed by atoms with E-state index in [1.54, 1.807) is 0 Å². The van der Waals surface area contributed by atoms with Crippen LogP contribution in [0.3, 0.4) is 0 Å². The fourth-order valence-corrected chi connectivity index (χ4v) is 16.9. The normalized spacial score (nSPS) is 11.8. The number of fused-ring (bicyclic) bond motifs is 8. The molecule has 2 aliphatic rings. The van der Waals surface area contributed by atoms with Gasteiger partial charge in [-0.25, -0.2) is 9.97 Å². The lowest BCUT2D eigenvalue weighted by Gasteiger charge is -2.19. The van der Waals surface area contributed by atoms with Crippen LogP contribution in [-0.2, 0) is 0 Å². The average Bonchev–Trinajstić information content (AvgIpc) is 1.60. The Kier molecular flexibility index (Phi) is 53.1. The summed E-state index contributed by atoms with van der Waals surface area (Å²) >= 11 is 0. The quantitative estimate of drug-likeness (QED) is 0.0286. The fraction of sp³-hybridized carbons (Fsp3) is 0.667. The molecular weight excluding hydrogens is 1450 g/mol. The fourth-order valence-electron chi connectivity index (χ4n) is 16.9. The van der Waals surface area contributed by atoms with Crippen molar-refractivity contribution in [2.75, 3.05) is 39.6 Å². The molecule has 8 bridgehead atoms. The summed E-state index contributed by atoms with van der Waals surface area (Å²) in [7, 11) is 0. The van der Waals surface area contributed by atoms with Gasteiger partial charge in [0.25, 0.3) is 0 Å². The largest absolute Gasteiger partial charge is 0.490 e. The highest BCUT2D eigenvalue weighted by atomic mass is 16.5. The van der Waals surface area contributed by atoms with E-state index in [4.69, 9.17) is 51.2 Å². The van der Waals surface area contributed by atoms with Crippen LogP contribution in [0.2, 0.25) is 0 Å². The molecule has 5 heterocycles. The summed E-state index contributed by atoms with van der Waals surface area (Å²) in [6.07, 6.45) is 96.8. The summed E-state index contributed by atoms with van der Waals surface area (Å²) < 4.78 is 42.2. The monoisotopic (exact) mass is 1620 g/mol. The Morgan fingerprint density at radius 1 is 0.237 bits per heavy atom. The lowest BCUT2D eigenvalue weighted by Crippen LogP contribution is -2.07. The van der Waals surface area contributed by atoms with Crippen molar-refractivity contribution in [3.63, 3.8) is 0 Å². The Labute approximate surface area is 720 Å². The van der Waals surface area contributed by atoms with Crippen LogP contribution >= 0.6 is 0 Å². The number of nitrogens with one attached hydrogen (secondary N) is 2. The zero-order chi connectivity index (χ0) is 83.2. The molecule has 2 aromatic carbocycles. The van der Waals surface area contributed by atoms with E-state index in [0.29, 0.717) is 96.7 Å². The van der Waals surface area contributed by atoms with Gasteiger partial charge in [0.05, 0.1) is 84.6 Å². The van der Waals surface area contributed by atoms with E-state index >= 15 is 0 Å². The highest BCUT2D eigenvalue weighted by molar-refractivity contribution is 5.96. The van der Waals surface area contributed by atoms with Crippen LogP contribution in [0, 0.1) is 24.7 Å². The van der Waals surface area contributed by atoms with Crippen molar-refractivity contribution in [1.29, 1.82) is 0 Å². The molecule has 0 saturated carbocycles. The maximum Gasteiger partial charge on any atom is 0.203 e. The number of hydrogen-bond donors (Lipinski definition) is 2. The third-order valence-corrected chi connectivity index (χ3v) is 24.2. The van der Waals surface area contributed by atoms with Gasteiger partial charge < -0.3 is 38.4 Å². The molecule has 0 unspecified atom stereocenters. The molecule has 0 atom stereocenters. The minimum absolute atomic E-state index is 0.571. The predicted molar refractivity (Wildman–Crippen MR) is 510 cm³/mol. The molecule has 118 heavy (non-hydrogen) atoms. The van der Waals surface area contributed by atoms with E-state index < -0.39 is 0 Å². The van der Waals surface area contributed by atoms with Crippen LogP contribution in [0.25, 0.3) is 68.6 Å². The summed E-state index contributed by atoms with van der Waals surface area (Å²) in [5, 5.41) is 0. The summed E-state index contributed by atoms with van der Waals surface area (Å²) in [4.78, 5) is 18.8. The number of ether oxygens (including phenoxy) is 6. The Morgan fingerprint density at radius 3 is 0.636 bits per heavy atom. The van der Waals surface area contributed by atoms with E-state index in [0.717, 1.165) is 133 Å². The highest BCUT2D eigenvalue weighted by Gasteiger charge is 2.25. The third kappa shape index (κ3) is 37.9. The number of aromatic nitrogens is 4. The summed E-state index contributed by atoms with van der Waals surface area (Å²) in [5.74, 6) is 10.4. The van der Waals surface area contributed by atoms with Crippen LogP contribution in [-0.4, -0.2) is 59.6 Å². The second kappa shape index (κ2) is 63.9. The van der Waals surface area contributed by atoms with E-state index in [-0.39, 0.29) is 0 Å². The molecule has 2 aliphatic heterocycles. The van der Waals surface area contributed by atoms with Gasteiger partial charge in [-0.3, -0.25) is 0 Å². The average molecular weight is 1620 g/mol. The molecule has 0 amide bonds. The molecule has 7 rings (SSSR count). The van der Waals surface area contributed by atoms with Crippen molar-refractivity contribution >= 4 is 46.4 Å². The SMILES string of the molecule is C#Cc1c2nc(c(-c3cc(OCCCCCCCCCCCC)c(OCCCCCCCCCCCC)c(OCCCCCCCCCCCC)c3)c3ccc([nH]3)c(C#C)c3nc(c(-c4cc(OCCCCCCCCCCCC)c(OCCCCCCCCCCCC)c(OCCCCCCCCCCCC)c4)c4ccc1[nH]4)C=C3)C=C2. The lowest BCUT2D eigenvalue weighted by molar-refractivity contribution is 0.234. The van der Waals surface area contributed by atoms with Crippen molar-refractivity contribution in [2.24, 2.45) is 0 Å². The Bertz CT molecular complexity index is 3460. The van der Waals surface area contributed by atoms with Gasteiger partial charge in [-0.05, 0) is 122 Å². The van der Waals surface area contributed by atoms with Crippen molar-refractivity contribution in [1.82, 2.24) is 19.9 Å². The first-order valence-corrected chi connectivity index (χ1v) is 49.6. The molecule has 3 aromatic heterocycles. The molecule has 0 spiro atoms. The number of hydrogen-bond acceptors (Lipinski definition) is 8. The number of benzene rings is 2. The number of unbranched alkanes of at least 4 members (excludes halogenated alkanes) is 54. The summed E-state index contributed by atoms with van der Waals surface area (Å²) in [6, 6.07) is 17.1. The van der Waals surface area contributed by atoms with Gasteiger partial charge in [-0.1, -0.05) is 400 Å². The number of nitrogens with zero attached hydrogens (tertiary/aromatic N) is 2. The zero-order valence-electron chi connectivity index (χ0n) is 76.1. The van der Waals surface area contributed by atoms with E-state index in [2.05, 4.69) is 136 Å². The van der Waals surface area contributed by atoms with Crippen LogP contribution in [0.4, 0.5) is 0 Å². The van der Waals surface area contributed by atoms with Crippen molar-refractivity contribution < 1.29 is 28.4 Å². The van der Waals surface area contributed by atoms with Gasteiger partial charge in [-0.15, -0.1) is 12.8 Å². The maximum absolute atomic E-state index is 7.06. The molecule has 654 valence electrons. The lowest BCUT2D eigenvalue weighted by atomic mass is 10.0. The van der Waals surface area contributed by atoms with Crippen LogP contribution in [0.1, 0.15) is 461 Å². The predicted octanol–water partition coefficient (Wildman–Crippen LogP) is 33.8. The van der Waals surface area contributed by atoms with Crippen LogP contribution in [0.15, 0.2) is 48.5 Å². The van der Waals surface area contributed by atoms with Crippen molar-refractivity contribution in [3.05, 3.63) is 82.4 Å². The Hall–Kier alpha value is -7.04. The zero-order valence-corrected chi connectivity index (χ0v) is 76.1. The van der Waals surface area contributed by atoms with Gasteiger partial charge >= 0.3 is 0 Å². The molecule has 0 fully saturated rings. The molecule has 2 N–H and O–H groups in total. The maximum atomic E-state index is 7.06. The van der Waals surface area contributed by atoms with Gasteiger partial charge in [0, 0.05) is 22.2 Å². The number of terminal acetylenes is 2. The molecule has 10 nitrogen and oxygen atoms in total. The molecule has 0 radical (unpaired) electrons. The molecule has 0 saturated heterocycles. The smallest absolute Gasteiger partial charge is 0.203 e. The van der Waals surface area contributed by atoms with Crippen LogP contribution < -0.4 is 28.4 Å². The van der Waals surface area contributed by atoms with Crippen LogP contribution in [0.5, 0.6) is 34.5 Å². The van der Waals surface area contributed by atoms with Gasteiger partial charge in [0.15, 0.2) is 23.0 Å². The Morgan fingerprint density at radius 2 is 0.424 bits per heavy atom. The molecule has 0 aliphatic carbocycles. The third-order valence-electron chi connectivity index (χ3n) is 24.2. The first kappa shape index (κ1) is 98.1. The topological polar surface area (TPSA) is 113 Å². The van der Waals surface area contributed by atoms with E-state index in [1.165, 1.54) is 308 Å². The van der Waals surface area contributed by atoms with Crippen molar-refractivity contribution in [2.45, 2.75) is 427 Å². The Balaban J connectivity index is 1.32. The van der Waals surface area contributed by atoms with E-state index in [9.17, 15) is 0 Å². The number of rotatable bonds is 74. The van der Waals surface area contributed by atoms with Gasteiger partial charge in [0.1, 0.15) is 0 Å². The van der Waals surface area contributed by atoms with E-state index in [1.807, 2.05) is 0 Å². The minimum Gasteiger partial charge on any atom is -0.490 e. The summed E-state index contributed by atoms with van der Waals surface area (Å²) in [6.45, 7) is 17.2. The summed E-state index contributed by atoms with van der Waals surface area (Å²) in [5.41, 5.74) is 10.8. The first-order chi connectivity index (χ1) is 58.4. The highest BCUT2D eigenvalue weighted by Crippen LogP contribution is 2.47. The second-order valence-electron chi connectivity index (χ2n) is 34.6. The standard InChI is InChI=1S/C108H166N4O6/c1-9-17-23-29-35-41-47-53-59-65-79-113-101-85-89(86-102(114-80-66-60-54-48-42-36-30-24-18-10-2)107(101)117-83-69-63-57-51-45-39-33-27-21-13-5)105-97-75-71-93(109-97)91(15-7)95-73-77-99(111-95)106(100-78-74-96(112-100)92(16-8)94-72-76-98(105)110-94)90-87-103(115-81-67-61-55-49-43-37-31-25-19-11-3)108(118-84-70-64-58-52-46-40-34-28-22-14-6)104(88-90)116-82-68-62-56-50-44-38-32-26-20-12-4/h7-8,71-78,85-88,109,112H,9-14,17-70,79-84H2,1-6H3. The first-order valence-electron chi connectivity index (χ1n) is 49.6. The van der Waals surface area contributed by atoms with Crippen molar-refractivity contribution in [3.8, 4) is 81.4 Å². The molecule has 5 aromatic rings.